The lowest BCUT2D eigenvalue weighted by Gasteiger charge is -2.35. The van der Waals surface area contributed by atoms with Crippen molar-refractivity contribution in [1.82, 2.24) is 4.57 Å². The van der Waals surface area contributed by atoms with Crippen LogP contribution < -0.4 is 4.90 Å². The van der Waals surface area contributed by atoms with Gasteiger partial charge in [-0.05, 0) is 67.8 Å². The molecule has 24 heavy (non-hydrogen) atoms. The van der Waals surface area contributed by atoms with E-state index in [2.05, 4.69) is 19.1 Å². The molecular formula is C21H20N2O. The fourth-order valence-electron chi connectivity index (χ4n) is 3.42. The third kappa shape index (κ3) is 2.52. The van der Waals surface area contributed by atoms with Gasteiger partial charge in [0.05, 0.1) is 0 Å². The van der Waals surface area contributed by atoms with Gasteiger partial charge in [-0.2, -0.15) is 0 Å². The van der Waals surface area contributed by atoms with Crippen LogP contribution in [0.15, 0.2) is 73.1 Å². The molecule has 120 valence electrons. The van der Waals surface area contributed by atoms with Crippen LogP contribution in [0.5, 0.6) is 0 Å². The molecule has 4 rings (SSSR count). The predicted octanol–water partition coefficient (Wildman–Crippen LogP) is 4.46. The Balaban J connectivity index is 1.66. The molecular weight excluding hydrogens is 296 g/mol. The maximum absolute atomic E-state index is 13.1. The smallest absolute Gasteiger partial charge is 0.258 e. The minimum atomic E-state index is 0.0775. The molecule has 2 aromatic carbocycles. The zero-order chi connectivity index (χ0) is 16.5. The summed E-state index contributed by atoms with van der Waals surface area (Å²) in [5.41, 5.74) is 4.10. The monoisotopic (exact) mass is 316 g/mol. The molecule has 0 saturated heterocycles. The van der Waals surface area contributed by atoms with E-state index in [1.165, 1.54) is 5.56 Å². The van der Waals surface area contributed by atoms with Crippen LogP contribution in [0.25, 0.3) is 5.69 Å². The number of carbonyl (C=O) groups is 1. The summed E-state index contributed by atoms with van der Waals surface area (Å²) in [4.78, 5) is 15.0. The summed E-state index contributed by atoms with van der Waals surface area (Å²) in [6, 6.07) is 20.3. The molecule has 1 aromatic heterocycles. The first-order valence-corrected chi connectivity index (χ1v) is 8.39. The van der Waals surface area contributed by atoms with Gasteiger partial charge < -0.3 is 9.47 Å². The Bertz CT molecular complexity index is 850. The Morgan fingerprint density at radius 2 is 1.67 bits per heavy atom. The summed E-state index contributed by atoms with van der Waals surface area (Å²) in [5.74, 6) is 0.0775. The maximum atomic E-state index is 13.1. The minimum Gasteiger partial charge on any atom is -0.324 e. The summed E-state index contributed by atoms with van der Waals surface area (Å²) < 4.78 is 2.03. The molecule has 3 nitrogen and oxygen atoms in total. The van der Waals surface area contributed by atoms with E-state index in [1.54, 1.807) is 0 Å². The van der Waals surface area contributed by atoms with E-state index in [9.17, 15) is 4.79 Å². The number of aromatic nitrogens is 1. The molecule has 0 N–H and O–H groups in total. The predicted molar refractivity (Wildman–Crippen MR) is 96.8 cm³/mol. The highest BCUT2D eigenvalue weighted by atomic mass is 16.2. The first-order chi connectivity index (χ1) is 11.7. The molecule has 0 bridgehead atoms. The van der Waals surface area contributed by atoms with E-state index in [4.69, 9.17) is 0 Å². The molecule has 0 saturated carbocycles. The third-order valence-electron chi connectivity index (χ3n) is 4.76. The van der Waals surface area contributed by atoms with Crippen LogP contribution in [-0.4, -0.2) is 16.5 Å². The molecule has 0 radical (unpaired) electrons. The van der Waals surface area contributed by atoms with Crippen LogP contribution in [0.3, 0.4) is 0 Å². The van der Waals surface area contributed by atoms with Gasteiger partial charge in [0.15, 0.2) is 0 Å². The molecule has 1 aliphatic heterocycles. The summed E-state index contributed by atoms with van der Waals surface area (Å²) in [5, 5.41) is 0. The lowest BCUT2D eigenvalue weighted by molar-refractivity contribution is 0.0975. The van der Waals surface area contributed by atoms with Gasteiger partial charge in [0.25, 0.3) is 5.91 Å². The van der Waals surface area contributed by atoms with Crippen molar-refractivity contribution in [3.63, 3.8) is 0 Å². The van der Waals surface area contributed by atoms with E-state index < -0.39 is 0 Å². The van der Waals surface area contributed by atoms with Crippen molar-refractivity contribution in [2.45, 2.75) is 25.8 Å². The standard InChI is InChI=1S/C21H20N2O/c1-16-8-9-17-6-2-3-7-20(17)23(16)21(24)18-10-12-19(13-11-18)22-14-4-5-15-22/h2-7,10-16H,8-9H2,1H3/t16-/m0/s1. The molecule has 2 heterocycles. The summed E-state index contributed by atoms with van der Waals surface area (Å²) in [6.45, 7) is 2.13. The Morgan fingerprint density at radius 1 is 0.958 bits per heavy atom. The van der Waals surface area contributed by atoms with E-state index >= 15 is 0 Å². The topological polar surface area (TPSA) is 25.2 Å². The molecule has 0 unspecified atom stereocenters. The van der Waals surface area contributed by atoms with E-state index in [0.717, 1.165) is 29.8 Å². The molecule has 3 heteroatoms. The molecule has 3 aromatic rings. The quantitative estimate of drug-likeness (QED) is 0.685. The van der Waals surface area contributed by atoms with Crippen molar-refractivity contribution < 1.29 is 4.79 Å². The second-order valence-corrected chi connectivity index (χ2v) is 6.33. The van der Waals surface area contributed by atoms with Gasteiger partial charge >= 0.3 is 0 Å². The first-order valence-electron chi connectivity index (χ1n) is 8.39. The Morgan fingerprint density at radius 3 is 2.42 bits per heavy atom. The van der Waals surface area contributed by atoms with Crippen LogP contribution in [0, 0.1) is 0 Å². The highest BCUT2D eigenvalue weighted by Gasteiger charge is 2.28. The number of amides is 1. The average Bonchev–Trinajstić information content (AvgIpc) is 3.16. The number of benzene rings is 2. The van der Waals surface area contributed by atoms with Crippen LogP contribution in [0.1, 0.15) is 29.3 Å². The number of hydrogen-bond donors (Lipinski definition) is 0. The van der Waals surface area contributed by atoms with Crippen LogP contribution in [-0.2, 0) is 6.42 Å². The Kier molecular flexibility index (Phi) is 3.69. The zero-order valence-electron chi connectivity index (χ0n) is 13.7. The molecule has 1 atom stereocenters. The van der Waals surface area contributed by atoms with Crippen molar-refractivity contribution in [3.05, 3.63) is 84.2 Å². The molecule has 0 spiro atoms. The second kappa shape index (κ2) is 6.00. The van der Waals surface area contributed by atoms with Gasteiger partial charge in [0, 0.05) is 35.4 Å². The number of hydrogen-bond acceptors (Lipinski definition) is 1. The maximum Gasteiger partial charge on any atom is 0.258 e. The van der Waals surface area contributed by atoms with Crippen LogP contribution >= 0.6 is 0 Å². The van der Waals surface area contributed by atoms with Crippen LogP contribution in [0.4, 0.5) is 5.69 Å². The average molecular weight is 316 g/mol. The van der Waals surface area contributed by atoms with Gasteiger partial charge in [-0.3, -0.25) is 4.79 Å². The lowest BCUT2D eigenvalue weighted by Crippen LogP contribution is -2.42. The fraction of sp³-hybridized carbons (Fsp3) is 0.190. The van der Waals surface area contributed by atoms with Gasteiger partial charge in [-0.1, -0.05) is 18.2 Å². The van der Waals surface area contributed by atoms with E-state index in [1.807, 2.05) is 70.4 Å². The second-order valence-electron chi connectivity index (χ2n) is 6.33. The highest BCUT2D eigenvalue weighted by molar-refractivity contribution is 6.07. The number of anilines is 1. The molecule has 1 amide bonds. The van der Waals surface area contributed by atoms with Crippen molar-refractivity contribution in [3.8, 4) is 5.69 Å². The van der Waals surface area contributed by atoms with E-state index in [0.29, 0.717) is 0 Å². The van der Waals surface area contributed by atoms with Gasteiger partial charge in [0.2, 0.25) is 0 Å². The minimum absolute atomic E-state index is 0.0775. The molecule has 1 aliphatic rings. The summed E-state index contributed by atoms with van der Waals surface area (Å²) in [6.07, 6.45) is 6.04. The van der Waals surface area contributed by atoms with Gasteiger partial charge in [0.1, 0.15) is 0 Å². The first kappa shape index (κ1) is 14.8. The van der Waals surface area contributed by atoms with Gasteiger partial charge in [-0.15, -0.1) is 0 Å². The Labute approximate surface area is 142 Å². The third-order valence-corrected chi connectivity index (χ3v) is 4.76. The fourth-order valence-corrected chi connectivity index (χ4v) is 3.42. The van der Waals surface area contributed by atoms with E-state index in [-0.39, 0.29) is 11.9 Å². The highest BCUT2D eigenvalue weighted by Crippen LogP contribution is 2.31. The number of fused-ring (bicyclic) bond motifs is 1. The number of para-hydroxylation sites is 1. The number of aryl methyl sites for hydroxylation is 1. The summed E-state index contributed by atoms with van der Waals surface area (Å²) in [7, 11) is 0. The Hall–Kier alpha value is -2.81. The van der Waals surface area contributed by atoms with Crippen LogP contribution in [0.2, 0.25) is 0 Å². The normalized spacial score (nSPS) is 16.7. The largest absolute Gasteiger partial charge is 0.324 e. The SMILES string of the molecule is C[C@H]1CCc2ccccc2N1C(=O)c1ccc(-n2cccc2)cc1. The van der Waals surface area contributed by atoms with Crippen molar-refractivity contribution in [2.24, 2.45) is 0 Å². The number of rotatable bonds is 2. The molecule has 0 fully saturated rings. The number of carbonyl (C=O) groups excluding carboxylic acids is 1. The molecule has 0 aliphatic carbocycles. The van der Waals surface area contributed by atoms with Crippen molar-refractivity contribution >= 4 is 11.6 Å². The number of nitrogens with zero attached hydrogens (tertiary/aromatic N) is 2. The van der Waals surface area contributed by atoms with Gasteiger partial charge in [-0.25, -0.2) is 0 Å². The lowest BCUT2D eigenvalue weighted by atomic mass is 9.95. The van der Waals surface area contributed by atoms with Crippen molar-refractivity contribution in [2.75, 3.05) is 4.90 Å². The zero-order valence-corrected chi connectivity index (χ0v) is 13.7. The van der Waals surface area contributed by atoms with Crippen molar-refractivity contribution in [1.29, 1.82) is 0 Å². The summed E-state index contributed by atoms with van der Waals surface area (Å²) >= 11 is 0.